The Morgan fingerprint density at radius 1 is 1.33 bits per heavy atom. The molecule has 0 aromatic heterocycles. The molecule has 1 aromatic carbocycles. The molecule has 2 N–H and O–H groups in total. The van der Waals surface area contributed by atoms with E-state index in [0.29, 0.717) is 6.04 Å². The number of benzene rings is 1. The van der Waals surface area contributed by atoms with Crippen molar-refractivity contribution in [3.8, 4) is 0 Å². The molecule has 0 bridgehead atoms. The predicted molar refractivity (Wildman–Crippen MR) is 77.5 cm³/mol. The Bertz CT molecular complexity index is 336. The maximum absolute atomic E-state index is 10.3. The van der Waals surface area contributed by atoms with Crippen LogP contribution in [0.4, 0.5) is 0 Å². The van der Waals surface area contributed by atoms with E-state index in [0.717, 1.165) is 24.8 Å². The minimum atomic E-state index is -0.463. The minimum absolute atomic E-state index is 0.0453. The van der Waals surface area contributed by atoms with Gasteiger partial charge in [-0.1, -0.05) is 49.8 Å². The number of nitrogens with one attached hydrogen (secondary N) is 1. The number of aliphatic hydroxyl groups excluding tert-OH is 1. The van der Waals surface area contributed by atoms with Crippen LogP contribution in [0.3, 0.4) is 0 Å². The van der Waals surface area contributed by atoms with E-state index >= 15 is 0 Å². The molecule has 0 spiro atoms. The Morgan fingerprint density at radius 3 is 2.56 bits per heavy atom. The second kappa shape index (κ2) is 8.06. The average molecular weight is 247 g/mol. The second-order valence-corrected chi connectivity index (χ2v) is 4.82. The van der Waals surface area contributed by atoms with Gasteiger partial charge >= 0.3 is 0 Å². The molecule has 100 valence electrons. The molecule has 0 unspecified atom stereocenters. The first kappa shape index (κ1) is 14.9. The van der Waals surface area contributed by atoms with Crippen molar-refractivity contribution >= 4 is 0 Å². The number of aliphatic hydroxyl groups is 1. The van der Waals surface area contributed by atoms with Crippen molar-refractivity contribution in [2.75, 3.05) is 0 Å². The van der Waals surface area contributed by atoms with E-state index in [1.54, 1.807) is 0 Å². The quantitative estimate of drug-likeness (QED) is 0.690. The first-order valence-corrected chi connectivity index (χ1v) is 6.79. The first-order chi connectivity index (χ1) is 8.69. The van der Waals surface area contributed by atoms with E-state index in [1.807, 2.05) is 43.3 Å². The van der Waals surface area contributed by atoms with Crippen LogP contribution in [0.25, 0.3) is 0 Å². The van der Waals surface area contributed by atoms with Gasteiger partial charge in [0, 0.05) is 12.1 Å². The van der Waals surface area contributed by atoms with Crippen LogP contribution in [0, 0.1) is 0 Å². The van der Waals surface area contributed by atoms with Crippen molar-refractivity contribution < 1.29 is 5.11 Å². The zero-order valence-corrected chi connectivity index (χ0v) is 11.5. The van der Waals surface area contributed by atoms with Gasteiger partial charge in [0.05, 0.1) is 6.10 Å². The number of hydrogen-bond donors (Lipinski definition) is 2. The molecule has 0 saturated heterocycles. The van der Waals surface area contributed by atoms with Crippen molar-refractivity contribution in [2.45, 2.75) is 51.3 Å². The Morgan fingerprint density at radius 2 is 2.00 bits per heavy atom. The van der Waals surface area contributed by atoms with Gasteiger partial charge in [0.25, 0.3) is 0 Å². The van der Waals surface area contributed by atoms with Crippen molar-refractivity contribution in [3.05, 3.63) is 48.6 Å². The van der Waals surface area contributed by atoms with Gasteiger partial charge < -0.3 is 10.4 Å². The third-order valence-corrected chi connectivity index (χ3v) is 3.20. The van der Waals surface area contributed by atoms with E-state index < -0.39 is 6.10 Å². The Hall–Kier alpha value is -1.12. The summed E-state index contributed by atoms with van der Waals surface area (Å²) in [6.45, 7) is 8.00. The molecule has 3 atom stereocenters. The van der Waals surface area contributed by atoms with Crippen LogP contribution in [0.2, 0.25) is 0 Å². The SMILES string of the molecule is C=CC[C@@H](CCC)N[C@@H](C)[C@H](O)c1ccccc1. The minimum Gasteiger partial charge on any atom is -0.387 e. The molecule has 2 nitrogen and oxygen atoms in total. The summed E-state index contributed by atoms with van der Waals surface area (Å²) in [4.78, 5) is 0. The fraction of sp³-hybridized carbons (Fsp3) is 0.500. The van der Waals surface area contributed by atoms with Gasteiger partial charge in [-0.2, -0.15) is 0 Å². The molecule has 0 aliphatic carbocycles. The molecular weight excluding hydrogens is 222 g/mol. The molecule has 0 amide bonds. The lowest BCUT2D eigenvalue weighted by Gasteiger charge is -2.26. The fourth-order valence-electron chi connectivity index (χ4n) is 2.22. The van der Waals surface area contributed by atoms with Gasteiger partial charge in [0.1, 0.15) is 0 Å². The molecule has 0 fully saturated rings. The highest BCUT2D eigenvalue weighted by Gasteiger charge is 2.18. The fourth-order valence-corrected chi connectivity index (χ4v) is 2.22. The second-order valence-electron chi connectivity index (χ2n) is 4.82. The zero-order chi connectivity index (χ0) is 13.4. The van der Waals surface area contributed by atoms with E-state index in [4.69, 9.17) is 0 Å². The average Bonchev–Trinajstić information content (AvgIpc) is 2.39. The maximum Gasteiger partial charge on any atom is 0.0940 e. The summed E-state index contributed by atoms with van der Waals surface area (Å²) in [6.07, 6.45) is 4.67. The molecule has 18 heavy (non-hydrogen) atoms. The molecule has 0 saturated carbocycles. The van der Waals surface area contributed by atoms with Gasteiger partial charge in [-0.25, -0.2) is 0 Å². The van der Waals surface area contributed by atoms with Crippen molar-refractivity contribution in [1.82, 2.24) is 5.32 Å². The van der Waals surface area contributed by atoms with E-state index in [9.17, 15) is 5.11 Å². The van der Waals surface area contributed by atoms with Crippen LogP contribution in [0.1, 0.15) is 44.8 Å². The van der Waals surface area contributed by atoms with Gasteiger partial charge in [-0.05, 0) is 25.3 Å². The van der Waals surface area contributed by atoms with E-state index in [-0.39, 0.29) is 6.04 Å². The van der Waals surface area contributed by atoms with Crippen LogP contribution < -0.4 is 5.32 Å². The monoisotopic (exact) mass is 247 g/mol. The standard InChI is InChI=1S/C16H25NO/c1-4-9-15(10-5-2)17-13(3)16(18)14-11-7-6-8-12-14/h4,6-8,11-13,15-18H,1,5,9-10H2,2-3H3/t13-,15-,16-/m0/s1. The summed E-state index contributed by atoms with van der Waals surface area (Å²) in [5, 5.41) is 13.8. The smallest absolute Gasteiger partial charge is 0.0940 e. The maximum atomic E-state index is 10.3. The van der Waals surface area contributed by atoms with Crippen LogP contribution in [0.5, 0.6) is 0 Å². The van der Waals surface area contributed by atoms with Crippen molar-refractivity contribution in [1.29, 1.82) is 0 Å². The van der Waals surface area contributed by atoms with Crippen molar-refractivity contribution in [2.24, 2.45) is 0 Å². The third kappa shape index (κ3) is 4.63. The molecule has 1 rings (SSSR count). The molecule has 0 aliphatic heterocycles. The summed E-state index contributed by atoms with van der Waals surface area (Å²) in [5.41, 5.74) is 0.964. The van der Waals surface area contributed by atoms with Gasteiger partial charge in [-0.15, -0.1) is 6.58 Å². The lowest BCUT2D eigenvalue weighted by Crippen LogP contribution is -2.39. The van der Waals surface area contributed by atoms with Gasteiger partial charge in [-0.3, -0.25) is 0 Å². The summed E-state index contributed by atoms with van der Waals surface area (Å²) in [5.74, 6) is 0. The van der Waals surface area contributed by atoms with E-state index in [2.05, 4.69) is 18.8 Å². The lowest BCUT2D eigenvalue weighted by atomic mass is 10.0. The number of hydrogen-bond acceptors (Lipinski definition) is 2. The van der Waals surface area contributed by atoms with Crippen LogP contribution in [-0.2, 0) is 0 Å². The number of rotatable bonds is 8. The normalized spacial score (nSPS) is 15.9. The highest BCUT2D eigenvalue weighted by atomic mass is 16.3. The summed E-state index contributed by atoms with van der Waals surface area (Å²) >= 11 is 0. The Balaban J connectivity index is 2.57. The van der Waals surface area contributed by atoms with Crippen LogP contribution in [-0.4, -0.2) is 17.2 Å². The molecule has 1 aromatic rings. The predicted octanol–water partition coefficient (Wildman–Crippen LogP) is 3.44. The van der Waals surface area contributed by atoms with Gasteiger partial charge in [0.2, 0.25) is 0 Å². The van der Waals surface area contributed by atoms with Crippen LogP contribution >= 0.6 is 0 Å². The molecule has 2 heteroatoms. The molecule has 0 radical (unpaired) electrons. The molecular formula is C16H25NO. The molecule has 0 aliphatic rings. The molecule has 0 heterocycles. The lowest BCUT2D eigenvalue weighted by molar-refractivity contribution is 0.128. The Kier molecular flexibility index (Phi) is 6.69. The third-order valence-electron chi connectivity index (χ3n) is 3.20. The summed E-state index contributed by atoms with van der Waals surface area (Å²) in [6, 6.07) is 10.3. The Labute approximate surface area is 111 Å². The summed E-state index contributed by atoms with van der Waals surface area (Å²) in [7, 11) is 0. The van der Waals surface area contributed by atoms with Crippen LogP contribution in [0.15, 0.2) is 43.0 Å². The van der Waals surface area contributed by atoms with Crippen molar-refractivity contribution in [3.63, 3.8) is 0 Å². The summed E-state index contributed by atoms with van der Waals surface area (Å²) < 4.78 is 0. The highest BCUT2D eigenvalue weighted by molar-refractivity contribution is 5.18. The topological polar surface area (TPSA) is 32.3 Å². The van der Waals surface area contributed by atoms with E-state index in [1.165, 1.54) is 0 Å². The highest BCUT2D eigenvalue weighted by Crippen LogP contribution is 2.17. The largest absolute Gasteiger partial charge is 0.387 e. The van der Waals surface area contributed by atoms with Gasteiger partial charge in [0.15, 0.2) is 0 Å². The zero-order valence-electron chi connectivity index (χ0n) is 11.5. The first-order valence-electron chi connectivity index (χ1n) is 6.79.